The van der Waals surface area contributed by atoms with Gasteiger partial charge in [0, 0.05) is 26.2 Å². The summed E-state index contributed by atoms with van der Waals surface area (Å²) in [6.45, 7) is 9.10. The van der Waals surface area contributed by atoms with Crippen LogP contribution in [0.3, 0.4) is 0 Å². The Bertz CT molecular complexity index is 910. The van der Waals surface area contributed by atoms with Crippen LogP contribution in [-0.2, 0) is 4.74 Å². The molecule has 1 N–H and O–H groups in total. The summed E-state index contributed by atoms with van der Waals surface area (Å²) < 4.78 is 7.09. The first kappa shape index (κ1) is 20.0. The highest BCUT2D eigenvalue weighted by Crippen LogP contribution is 2.34. The van der Waals surface area contributed by atoms with Gasteiger partial charge in [-0.2, -0.15) is 0 Å². The second-order valence-electron chi connectivity index (χ2n) is 8.85. The van der Waals surface area contributed by atoms with Gasteiger partial charge in [-0.15, -0.1) is 0 Å². The molecule has 0 unspecified atom stereocenters. The molecule has 2 aliphatic heterocycles. The van der Waals surface area contributed by atoms with Crippen LogP contribution in [0.15, 0.2) is 29.1 Å². The third kappa shape index (κ3) is 4.20. The van der Waals surface area contributed by atoms with Crippen LogP contribution < -0.4 is 5.69 Å². The van der Waals surface area contributed by atoms with E-state index in [2.05, 4.69) is 16.8 Å². The molecule has 3 heterocycles. The first-order valence-corrected chi connectivity index (χ1v) is 10.8. The van der Waals surface area contributed by atoms with Gasteiger partial charge in [0.1, 0.15) is 0 Å². The molecule has 0 bridgehead atoms. The van der Waals surface area contributed by atoms with Crippen LogP contribution in [0.1, 0.15) is 45.6 Å². The van der Waals surface area contributed by atoms with Gasteiger partial charge in [-0.1, -0.05) is 19.1 Å². The van der Waals surface area contributed by atoms with E-state index in [0.29, 0.717) is 6.61 Å². The summed E-state index contributed by atoms with van der Waals surface area (Å²) >= 11 is 0. The molecule has 29 heavy (non-hydrogen) atoms. The smallest absolute Gasteiger partial charge is 0.409 e. The Hall–Kier alpha value is -2.28. The number of hydrogen-bond donors (Lipinski definition) is 1. The monoisotopic (exact) mass is 400 g/mol. The molecule has 1 atom stereocenters. The minimum atomic E-state index is -0.189. The van der Waals surface area contributed by atoms with E-state index in [9.17, 15) is 9.59 Å². The number of imidazole rings is 1. The van der Waals surface area contributed by atoms with Crippen molar-refractivity contribution in [2.24, 2.45) is 5.41 Å². The maximum Gasteiger partial charge on any atom is 0.409 e. The van der Waals surface area contributed by atoms with Crippen molar-refractivity contribution in [3.63, 3.8) is 0 Å². The molecule has 2 aliphatic rings. The average molecular weight is 401 g/mol. The number of para-hydroxylation sites is 2. The van der Waals surface area contributed by atoms with E-state index in [-0.39, 0.29) is 23.2 Å². The van der Waals surface area contributed by atoms with Crippen LogP contribution in [0, 0.1) is 5.41 Å². The van der Waals surface area contributed by atoms with E-state index in [1.807, 2.05) is 40.7 Å². The van der Waals surface area contributed by atoms with Gasteiger partial charge in [-0.25, -0.2) is 9.59 Å². The van der Waals surface area contributed by atoms with Gasteiger partial charge in [0.15, 0.2) is 0 Å². The summed E-state index contributed by atoms with van der Waals surface area (Å²) in [4.78, 5) is 31.9. The van der Waals surface area contributed by atoms with E-state index >= 15 is 0 Å². The predicted molar refractivity (Wildman–Crippen MR) is 113 cm³/mol. The minimum Gasteiger partial charge on any atom is -0.450 e. The lowest BCUT2D eigenvalue weighted by Crippen LogP contribution is -2.49. The summed E-state index contributed by atoms with van der Waals surface area (Å²) in [6.07, 6.45) is 3.92. The fourth-order valence-electron chi connectivity index (χ4n) is 4.96. The number of benzene rings is 1. The normalized spacial score (nSPS) is 22.7. The quantitative estimate of drug-likeness (QED) is 0.855. The van der Waals surface area contributed by atoms with Crippen molar-refractivity contribution in [3.05, 3.63) is 34.7 Å². The van der Waals surface area contributed by atoms with E-state index in [4.69, 9.17) is 4.74 Å². The number of carbonyl (C=O) groups excluding carboxylic acids is 1. The van der Waals surface area contributed by atoms with E-state index in [1.165, 1.54) is 0 Å². The van der Waals surface area contributed by atoms with Gasteiger partial charge < -0.3 is 19.5 Å². The molecule has 0 aliphatic carbocycles. The lowest BCUT2D eigenvalue weighted by Gasteiger charge is -2.44. The highest BCUT2D eigenvalue weighted by molar-refractivity contribution is 5.75. The van der Waals surface area contributed by atoms with E-state index in [1.54, 1.807) is 0 Å². The zero-order chi connectivity index (χ0) is 20.4. The van der Waals surface area contributed by atoms with Crippen molar-refractivity contribution in [1.82, 2.24) is 19.4 Å². The van der Waals surface area contributed by atoms with Gasteiger partial charge in [-0.05, 0) is 56.7 Å². The Morgan fingerprint density at radius 3 is 2.76 bits per heavy atom. The summed E-state index contributed by atoms with van der Waals surface area (Å²) in [6, 6.07) is 8.14. The standard InChI is InChI=1S/C22H32N4O3/c1-3-29-21(28)25-13-10-22(2,11-14-25)16-24-12-6-7-17(15-24)26-19-9-5-4-8-18(19)23-20(26)27/h4-5,8-9,17H,3,6-7,10-16H2,1-2H3,(H,23,27)/t17-/m0/s1. The molecule has 158 valence electrons. The van der Waals surface area contributed by atoms with Crippen LogP contribution in [-0.4, -0.2) is 64.8 Å². The number of hydrogen-bond acceptors (Lipinski definition) is 4. The number of carbonyl (C=O) groups is 1. The zero-order valence-corrected chi connectivity index (χ0v) is 17.5. The first-order valence-electron chi connectivity index (χ1n) is 10.8. The number of nitrogens with zero attached hydrogens (tertiary/aromatic N) is 3. The lowest BCUT2D eigenvalue weighted by molar-refractivity contribution is 0.0466. The Kier molecular flexibility index (Phi) is 5.67. The highest BCUT2D eigenvalue weighted by Gasteiger charge is 2.35. The molecule has 7 heteroatoms. The SMILES string of the molecule is CCOC(=O)N1CCC(C)(CN2CCC[C@H](n3c(=O)[nH]c4ccccc43)C2)CC1. The molecule has 2 saturated heterocycles. The lowest BCUT2D eigenvalue weighted by atomic mass is 9.79. The summed E-state index contributed by atoms with van der Waals surface area (Å²) in [5, 5.41) is 0. The number of ether oxygens (including phenoxy) is 1. The number of aromatic amines is 1. The van der Waals surface area contributed by atoms with Crippen molar-refractivity contribution in [1.29, 1.82) is 0 Å². The predicted octanol–water partition coefficient (Wildman–Crippen LogP) is 3.23. The molecular formula is C22H32N4O3. The van der Waals surface area contributed by atoms with Crippen LogP contribution in [0.4, 0.5) is 4.79 Å². The Labute approximate surface area is 171 Å². The van der Waals surface area contributed by atoms with E-state index < -0.39 is 0 Å². The second kappa shape index (κ2) is 8.22. The third-order valence-corrected chi connectivity index (χ3v) is 6.57. The zero-order valence-electron chi connectivity index (χ0n) is 17.5. The Balaban J connectivity index is 1.41. The number of amides is 1. The largest absolute Gasteiger partial charge is 0.450 e. The number of nitrogens with one attached hydrogen (secondary N) is 1. The van der Waals surface area contributed by atoms with Gasteiger partial charge >= 0.3 is 11.8 Å². The molecule has 0 spiro atoms. The van der Waals surface area contributed by atoms with Crippen molar-refractivity contribution < 1.29 is 9.53 Å². The van der Waals surface area contributed by atoms with Crippen molar-refractivity contribution in [3.8, 4) is 0 Å². The van der Waals surface area contributed by atoms with E-state index in [0.717, 1.165) is 69.4 Å². The van der Waals surface area contributed by atoms with Crippen molar-refractivity contribution in [2.45, 2.75) is 45.6 Å². The molecule has 1 amide bonds. The first-order chi connectivity index (χ1) is 14.0. The molecule has 2 fully saturated rings. The second-order valence-corrected chi connectivity index (χ2v) is 8.85. The van der Waals surface area contributed by atoms with Crippen molar-refractivity contribution >= 4 is 17.1 Å². The van der Waals surface area contributed by atoms with Crippen LogP contribution in [0.5, 0.6) is 0 Å². The highest BCUT2D eigenvalue weighted by atomic mass is 16.6. The number of H-pyrrole nitrogens is 1. The maximum atomic E-state index is 12.6. The topological polar surface area (TPSA) is 70.6 Å². The number of likely N-dealkylation sites (tertiary alicyclic amines) is 2. The number of aromatic nitrogens is 2. The Morgan fingerprint density at radius 1 is 1.24 bits per heavy atom. The van der Waals surface area contributed by atoms with Gasteiger partial charge in [0.25, 0.3) is 0 Å². The maximum absolute atomic E-state index is 12.6. The molecular weight excluding hydrogens is 368 g/mol. The molecule has 2 aromatic rings. The summed E-state index contributed by atoms with van der Waals surface area (Å²) in [5.41, 5.74) is 2.09. The third-order valence-electron chi connectivity index (χ3n) is 6.57. The van der Waals surface area contributed by atoms with Gasteiger partial charge in [0.2, 0.25) is 0 Å². The number of fused-ring (bicyclic) bond motifs is 1. The van der Waals surface area contributed by atoms with Crippen LogP contribution >= 0.6 is 0 Å². The van der Waals surface area contributed by atoms with Crippen molar-refractivity contribution in [2.75, 3.05) is 39.3 Å². The Morgan fingerprint density at radius 2 is 2.00 bits per heavy atom. The molecule has 1 aromatic heterocycles. The molecule has 4 rings (SSSR count). The number of rotatable bonds is 4. The van der Waals surface area contributed by atoms with Crippen LogP contribution in [0.2, 0.25) is 0 Å². The fourth-order valence-corrected chi connectivity index (χ4v) is 4.96. The molecule has 7 nitrogen and oxygen atoms in total. The average Bonchev–Trinajstić information content (AvgIpc) is 3.04. The van der Waals surface area contributed by atoms with Crippen LogP contribution in [0.25, 0.3) is 11.0 Å². The number of piperidine rings is 2. The van der Waals surface area contributed by atoms with Gasteiger partial charge in [0.05, 0.1) is 23.7 Å². The van der Waals surface area contributed by atoms with Gasteiger partial charge in [-0.3, -0.25) is 4.57 Å². The summed E-state index contributed by atoms with van der Waals surface area (Å²) in [7, 11) is 0. The molecule has 0 saturated carbocycles. The molecule has 0 radical (unpaired) electrons. The fraction of sp³-hybridized carbons (Fsp3) is 0.636. The summed E-state index contributed by atoms with van der Waals surface area (Å²) in [5.74, 6) is 0. The minimum absolute atomic E-state index is 0.00740. The molecule has 1 aromatic carbocycles.